The first-order valence-electron chi connectivity index (χ1n) is 6.76. The number of hydrogen-bond donors (Lipinski definition) is 3. The largest absolute Gasteiger partial charge is 0.490 e. The number of fused-ring (bicyclic) bond motifs is 1. The summed E-state index contributed by atoms with van der Waals surface area (Å²) in [4.78, 5) is 20.1. The van der Waals surface area contributed by atoms with Crippen molar-refractivity contribution in [1.29, 1.82) is 0 Å². The van der Waals surface area contributed by atoms with Crippen molar-refractivity contribution < 1.29 is 50.9 Å². The summed E-state index contributed by atoms with van der Waals surface area (Å²) in [6.07, 6.45) is -9.68. The van der Waals surface area contributed by atoms with Crippen LogP contribution in [0.2, 0.25) is 0 Å². The average Bonchev–Trinajstić information content (AvgIpc) is 2.99. The lowest BCUT2D eigenvalue weighted by atomic mass is 10.00. The third-order valence-corrected chi connectivity index (χ3v) is 3.33. The molecular weight excluding hydrogens is 366 g/mol. The molecule has 2 rings (SSSR count). The van der Waals surface area contributed by atoms with E-state index in [0.717, 1.165) is 25.6 Å². The molecule has 148 valence electrons. The fraction of sp³-hybridized carbons (Fsp3) is 0.833. The van der Waals surface area contributed by atoms with Gasteiger partial charge in [-0.05, 0) is 14.1 Å². The van der Waals surface area contributed by atoms with E-state index in [-0.39, 0.29) is 0 Å². The van der Waals surface area contributed by atoms with E-state index in [0.29, 0.717) is 12.1 Å². The van der Waals surface area contributed by atoms with E-state index in [4.69, 9.17) is 24.5 Å². The van der Waals surface area contributed by atoms with Gasteiger partial charge in [-0.2, -0.15) is 26.3 Å². The molecule has 0 bridgehead atoms. The van der Waals surface area contributed by atoms with Gasteiger partial charge in [0.2, 0.25) is 0 Å². The van der Waals surface area contributed by atoms with E-state index in [1.807, 2.05) is 0 Å². The zero-order valence-corrected chi connectivity index (χ0v) is 13.2. The molecule has 0 radical (unpaired) electrons. The molecule has 3 atom stereocenters. The van der Waals surface area contributed by atoms with Gasteiger partial charge in [0.05, 0.1) is 12.7 Å². The van der Waals surface area contributed by atoms with Gasteiger partial charge >= 0.3 is 24.3 Å². The van der Waals surface area contributed by atoms with E-state index in [2.05, 4.69) is 24.3 Å². The van der Waals surface area contributed by atoms with Gasteiger partial charge in [0.25, 0.3) is 0 Å². The predicted octanol–water partition coefficient (Wildman–Crippen LogP) is 0.801. The molecule has 0 saturated carbocycles. The second-order valence-corrected chi connectivity index (χ2v) is 5.33. The SMILES string of the molecule is CN(C)C1COC2CNCC21.O=C(O)C(F)(F)F.O=C(O)C(F)(F)F. The molecule has 2 heterocycles. The van der Waals surface area contributed by atoms with Gasteiger partial charge in [0, 0.05) is 25.0 Å². The number of hydrogen-bond acceptors (Lipinski definition) is 5. The Balaban J connectivity index is 0.000000366. The number of alkyl halides is 6. The fourth-order valence-corrected chi connectivity index (χ4v) is 2.12. The maximum absolute atomic E-state index is 10.6. The number of rotatable bonds is 1. The summed E-state index contributed by atoms with van der Waals surface area (Å²) in [5.41, 5.74) is 0. The van der Waals surface area contributed by atoms with Crippen LogP contribution in [-0.2, 0) is 14.3 Å². The van der Waals surface area contributed by atoms with E-state index in [1.165, 1.54) is 0 Å². The second kappa shape index (κ2) is 9.20. The minimum Gasteiger partial charge on any atom is -0.475 e. The molecule has 25 heavy (non-hydrogen) atoms. The van der Waals surface area contributed by atoms with Crippen LogP contribution in [0.1, 0.15) is 0 Å². The van der Waals surface area contributed by atoms with E-state index in [9.17, 15) is 26.3 Å². The van der Waals surface area contributed by atoms with Crippen molar-refractivity contribution in [2.75, 3.05) is 33.8 Å². The van der Waals surface area contributed by atoms with Crippen LogP contribution in [-0.4, -0.2) is 85.3 Å². The fourth-order valence-electron chi connectivity index (χ4n) is 2.12. The molecule has 2 aliphatic rings. The van der Waals surface area contributed by atoms with Crippen LogP contribution in [0.4, 0.5) is 26.3 Å². The highest BCUT2D eigenvalue weighted by Gasteiger charge is 2.41. The van der Waals surface area contributed by atoms with Gasteiger partial charge < -0.3 is 25.2 Å². The monoisotopic (exact) mass is 384 g/mol. The minimum atomic E-state index is -5.08. The minimum absolute atomic E-state index is 0.488. The maximum Gasteiger partial charge on any atom is 0.490 e. The molecule has 0 aliphatic carbocycles. The van der Waals surface area contributed by atoms with Crippen LogP contribution >= 0.6 is 0 Å². The highest BCUT2D eigenvalue weighted by molar-refractivity contribution is 5.73. The molecule has 0 aromatic carbocycles. The zero-order valence-electron chi connectivity index (χ0n) is 13.2. The molecule has 2 fully saturated rings. The van der Waals surface area contributed by atoms with Crippen LogP contribution in [0.25, 0.3) is 0 Å². The number of halogens is 6. The van der Waals surface area contributed by atoms with Gasteiger partial charge in [-0.1, -0.05) is 0 Å². The molecule has 0 amide bonds. The summed E-state index contributed by atoms with van der Waals surface area (Å²) in [6, 6.07) is 0.634. The lowest BCUT2D eigenvalue weighted by Crippen LogP contribution is -2.36. The zero-order chi connectivity index (χ0) is 20.0. The Kier molecular flexibility index (Phi) is 8.61. The van der Waals surface area contributed by atoms with Gasteiger partial charge in [-0.15, -0.1) is 0 Å². The van der Waals surface area contributed by atoms with Crippen molar-refractivity contribution in [3.8, 4) is 0 Å². The summed E-state index contributed by atoms with van der Waals surface area (Å²) < 4.78 is 69.1. The Morgan fingerprint density at radius 2 is 1.40 bits per heavy atom. The summed E-state index contributed by atoms with van der Waals surface area (Å²) >= 11 is 0. The molecule has 0 aromatic rings. The lowest BCUT2D eigenvalue weighted by molar-refractivity contribution is -0.193. The van der Waals surface area contributed by atoms with Crippen molar-refractivity contribution >= 4 is 11.9 Å². The van der Waals surface area contributed by atoms with Crippen LogP contribution in [0.5, 0.6) is 0 Å². The Morgan fingerprint density at radius 3 is 1.72 bits per heavy atom. The number of carbonyl (C=O) groups is 2. The van der Waals surface area contributed by atoms with E-state index in [1.54, 1.807) is 0 Å². The van der Waals surface area contributed by atoms with Gasteiger partial charge in [0.1, 0.15) is 0 Å². The van der Waals surface area contributed by atoms with Crippen molar-refractivity contribution in [3.05, 3.63) is 0 Å². The van der Waals surface area contributed by atoms with Crippen molar-refractivity contribution in [3.63, 3.8) is 0 Å². The van der Waals surface area contributed by atoms with Gasteiger partial charge in [-0.25, -0.2) is 9.59 Å². The summed E-state index contributed by atoms with van der Waals surface area (Å²) in [5.74, 6) is -4.79. The Morgan fingerprint density at radius 1 is 1.00 bits per heavy atom. The Bertz CT molecular complexity index is 430. The molecule has 0 spiro atoms. The normalized spacial score (nSPS) is 25.4. The first kappa shape index (κ1) is 23.4. The molecular formula is C12H18F6N2O5. The summed E-state index contributed by atoms with van der Waals surface area (Å²) in [6.45, 7) is 3.10. The number of carboxylic acid groups (broad SMARTS) is 2. The number of likely N-dealkylation sites (N-methyl/N-ethyl adjacent to an activating group) is 1. The Hall–Kier alpha value is -1.60. The standard InChI is InChI=1S/C8H16N2O.2C2HF3O2/c1-10(2)7-5-11-8-4-9-3-6(7)8;2*3-2(4,5)1(6)7/h6-9H,3-5H2,1-2H3;2*(H,6,7). The summed E-state index contributed by atoms with van der Waals surface area (Å²) in [7, 11) is 4.27. The second-order valence-electron chi connectivity index (χ2n) is 5.33. The third kappa shape index (κ3) is 8.36. The Labute approximate surface area is 138 Å². The first-order chi connectivity index (χ1) is 11.2. The maximum atomic E-state index is 10.6. The van der Waals surface area contributed by atoms with Crippen LogP contribution in [0, 0.1) is 5.92 Å². The highest BCUT2D eigenvalue weighted by Crippen LogP contribution is 2.26. The smallest absolute Gasteiger partial charge is 0.475 e. The highest BCUT2D eigenvalue weighted by atomic mass is 19.4. The topological polar surface area (TPSA) is 99.1 Å². The quantitative estimate of drug-likeness (QED) is 0.575. The number of nitrogens with one attached hydrogen (secondary N) is 1. The number of nitrogens with zero attached hydrogens (tertiary/aromatic N) is 1. The van der Waals surface area contributed by atoms with E-state index < -0.39 is 24.3 Å². The number of carboxylic acids is 2. The molecule has 0 aromatic heterocycles. The molecule has 3 N–H and O–H groups in total. The molecule has 2 aliphatic heterocycles. The molecule has 3 unspecified atom stereocenters. The summed E-state index contributed by atoms with van der Waals surface area (Å²) in [5, 5.41) is 17.6. The number of ether oxygens (including phenoxy) is 1. The van der Waals surface area contributed by atoms with Crippen LogP contribution in [0.15, 0.2) is 0 Å². The third-order valence-electron chi connectivity index (χ3n) is 3.33. The van der Waals surface area contributed by atoms with Crippen molar-refractivity contribution in [2.24, 2.45) is 5.92 Å². The predicted molar refractivity (Wildman–Crippen MR) is 71.0 cm³/mol. The lowest BCUT2D eigenvalue weighted by Gasteiger charge is -2.22. The average molecular weight is 384 g/mol. The first-order valence-corrected chi connectivity index (χ1v) is 6.76. The van der Waals surface area contributed by atoms with Crippen molar-refractivity contribution in [1.82, 2.24) is 10.2 Å². The van der Waals surface area contributed by atoms with Crippen molar-refractivity contribution in [2.45, 2.75) is 24.5 Å². The van der Waals surface area contributed by atoms with Gasteiger partial charge in [-0.3, -0.25) is 0 Å². The molecule has 7 nitrogen and oxygen atoms in total. The molecule has 13 heteroatoms. The van der Waals surface area contributed by atoms with Crippen LogP contribution in [0.3, 0.4) is 0 Å². The van der Waals surface area contributed by atoms with Crippen LogP contribution < -0.4 is 5.32 Å². The number of aliphatic carboxylic acids is 2. The molecule has 2 saturated heterocycles. The van der Waals surface area contributed by atoms with Gasteiger partial charge in [0.15, 0.2) is 0 Å². The van der Waals surface area contributed by atoms with E-state index >= 15 is 0 Å².